The number of nitrogens with two attached hydrogens (primary N) is 1. The number of amides is 2. The number of anilines is 1. The highest BCUT2D eigenvalue weighted by molar-refractivity contribution is 5.95. The highest BCUT2D eigenvalue weighted by Gasteiger charge is 2.29. The Kier molecular flexibility index (Phi) is 6.54. The molecule has 29 heavy (non-hydrogen) atoms. The lowest BCUT2D eigenvalue weighted by Gasteiger charge is -2.31. The molecule has 2 aromatic carbocycles. The number of nitrogens with one attached hydrogen (secondary N) is 1. The van der Waals surface area contributed by atoms with Gasteiger partial charge in [-0.25, -0.2) is 0 Å². The summed E-state index contributed by atoms with van der Waals surface area (Å²) in [6.07, 6.45) is 1.41. The number of primary amides is 1. The molecule has 154 valence electrons. The molecule has 1 aliphatic rings. The predicted molar refractivity (Wildman–Crippen MR) is 114 cm³/mol. The van der Waals surface area contributed by atoms with Crippen LogP contribution in [0, 0.1) is 5.92 Å². The summed E-state index contributed by atoms with van der Waals surface area (Å²) in [4.78, 5) is 25.9. The van der Waals surface area contributed by atoms with E-state index in [0.717, 1.165) is 17.5 Å². The van der Waals surface area contributed by atoms with Gasteiger partial charge in [0, 0.05) is 12.0 Å². The van der Waals surface area contributed by atoms with Crippen molar-refractivity contribution in [2.24, 2.45) is 11.7 Å². The Balaban J connectivity index is 1.76. The number of nitrogens with zero attached hydrogens (tertiary/aromatic N) is 1. The van der Waals surface area contributed by atoms with Crippen LogP contribution in [0.3, 0.4) is 0 Å². The number of fused-ring (bicyclic) bond motifs is 1. The fourth-order valence-corrected chi connectivity index (χ4v) is 3.84. The van der Waals surface area contributed by atoms with Crippen molar-refractivity contribution in [3.05, 3.63) is 59.7 Å². The highest BCUT2D eigenvalue weighted by atomic mass is 16.5. The van der Waals surface area contributed by atoms with Crippen LogP contribution in [-0.4, -0.2) is 43.5 Å². The van der Waals surface area contributed by atoms with Crippen molar-refractivity contribution in [1.82, 2.24) is 4.90 Å². The van der Waals surface area contributed by atoms with Crippen molar-refractivity contribution in [1.29, 1.82) is 0 Å². The van der Waals surface area contributed by atoms with Crippen LogP contribution in [0.4, 0.5) is 5.69 Å². The first-order valence-electron chi connectivity index (χ1n) is 9.91. The van der Waals surface area contributed by atoms with Crippen molar-refractivity contribution in [3.8, 4) is 5.75 Å². The van der Waals surface area contributed by atoms with Crippen LogP contribution in [-0.2, 0) is 16.0 Å². The molecule has 2 amide bonds. The van der Waals surface area contributed by atoms with E-state index in [2.05, 4.69) is 17.1 Å². The van der Waals surface area contributed by atoms with Gasteiger partial charge in [0.15, 0.2) is 6.61 Å². The van der Waals surface area contributed by atoms with E-state index in [9.17, 15) is 9.59 Å². The Morgan fingerprint density at radius 1 is 1.21 bits per heavy atom. The Bertz CT molecular complexity index is 867. The van der Waals surface area contributed by atoms with Gasteiger partial charge in [0.2, 0.25) is 5.91 Å². The topological polar surface area (TPSA) is 84.7 Å². The molecule has 2 aromatic rings. The second-order valence-corrected chi connectivity index (χ2v) is 7.93. The Labute approximate surface area is 172 Å². The maximum Gasteiger partial charge on any atom is 0.262 e. The van der Waals surface area contributed by atoms with Gasteiger partial charge in [-0.05, 0) is 56.1 Å². The predicted octanol–water partition coefficient (Wildman–Crippen LogP) is 2.79. The molecular weight excluding hydrogens is 366 g/mol. The molecule has 3 atom stereocenters. The molecule has 0 radical (unpaired) electrons. The number of carbonyl (C=O) groups excluding carboxylic acids is 2. The molecule has 0 saturated carbocycles. The minimum atomic E-state index is -0.273. The lowest BCUT2D eigenvalue weighted by atomic mass is 9.81. The zero-order chi connectivity index (χ0) is 21.0. The van der Waals surface area contributed by atoms with Crippen LogP contribution in [0.25, 0.3) is 0 Å². The third-order valence-electron chi connectivity index (χ3n) is 5.70. The first kappa shape index (κ1) is 20.9. The lowest BCUT2D eigenvalue weighted by Crippen LogP contribution is -2.38. The van der Waals surface area contributed by atoms with Crippen LogP contribution in [0.15, 0.2) is 48.5 Å². The highest BCUT2D eigenvalue weighted by Crippen LogP contribution is 2.32. The third kappa shape index (κ3) is 5.15. The molecule has 0 aromatic heterocycles. The minimum Gasteiger partial charge on any atom is -0.482 e. The number of carbonyl (C=O) groups is 2. The van der Waals surface area contributed by atoms with Gasteiger partial charge in [-0.1, -0.05) is 43.3 Å². The molecule has 0 fully saturated rings. The molecule has 6 nitrogen and oxygen atoms in total. The second kappa shape index (κ2) is 9.09. The van der Waals surface area contributed by atoms with E-state index in [-0.39, 0.29) is 36.3 Å². The van der Waals surface area contributed by atoms with Crippen molar-refractivity contribution in [2.45, 2.75) is 31.7 Å². The van der Waals surface area contributed by atoms with Gasteiger partial charge >= 0.3 is 0 Å². The SMILES string of the molecule is CC(c1ccccc1)C(C[C@@H](Cc1ccc2c(c1)OCC(=O)N2)N(C)C)C(N)=O. The van der Waals surface area contributed by atoms with E-state index in [4.69, 9.17) is 10.5 Å². The molecule has 1 heterocycles. The molecule has 0 aliphatic carbocycles. The van der Waals surface area contributed by atoms with Crippen LogP contribution >= 0.6 is 0 Å². The van der Waals surface area contributed by atoms with Gasteiger partial charge in [-0.2, -0.15) is 0 Å². The Morgan fingerprint density at radius 2 is 1.93 bits per heavy atom. The van der Waals surface area contributed by atoms with E-state index in [1.807, 2.05) is 62.6 Å². The molecule has 0 bridgehead atoms. The van der Waals surface area contributed by atoms with Crippen molar-refractivity contribution >= 4 is 17.5 Å². The molecule has 0 saturated heterocycles. The van der Waals surface area contributed by atoms with E-state index in [0.29, 0.717) is 17.9 Å². The zero-order valence-electron chi connectivity index (χ0n) is 17.2. The maximum absolute atomic E-state index is 12.3. The van der Waals surface area contributed by atoms with E-state index in [1.54, 1.807) is 0 Å². The number of ether oxygens (including phenoxy) is 1. The van der Waals surface area contributed by atoms with Crippen LogP contribution in [0.2, 0.25) is 0 Å². The Morgan fingerprint density at radius 3 is 2.59 bits per heavy atom. The molecule has 3 rings (SSSR count). The summed E-state index contributed by atoms with van der Waals surface area (Å²) < 4.78 is 5.53. The van der Waals surface area contributed by atoms with Crippen LogP contribution in [0.5, 0.6) is 5.75 Å². The number of hydrogen-bond acceptors (Lipinski definition) is 4. The van der Waals surface area contributed by atoms with Gasteiger partial charge < -0.3 is 20.7 Å². The quantitative estimate of drug-likeness (QED) is 0.720. The summed E-state index contributed by atoms with van der Waals surface area (Å²) in [7, 11) is 4.04. The summed E-state index contributed by atoms with van der Waals surface area (Å²) in [6.45, 7) is 2.10. The first-order chi connectivity index (χ1) is 13.8. The van der Waals surface area contributed by atoms with Gasteiger partial charge in [-0.3, -0.25) is 9.59 Å². The molecule has 6 heteroatoms. The summed E-state index contributed by atoms with van der Waals surface area (Å²) in [5.74, 6) is 0.0419. The molecule has 3 N–H and O–H groups in total. The van der Waals surface area contributed by atoms with Crippen molar-refractivity contribution in [3.63, 3.8) is 0 Å². The fourth-order valence-electron chi connectivity index (χ4n) is 3.84. The molecule has 2 unspecified atom stereocenters. The molecule has 0 spiro atoms. The largest absolute Gasteiger partial charge is 0.482 e. The number of rotatable bonds is 8. The summed E-state index contributed by atoms with van der Waals surface area (Å²) in [6, 6.07) is 16.0. The smallest absolute Gasteiger partial charge is 0.262 e. The maximum atomic E-state index is 12.3. The third-order valence-corrected chi connectivity index (χ3v) is 5.70. The molecule has 1 aliphatic heterocycles. The number of benzene rings is 2. The standard InChI is InChI=1S/C23H29N3O3/c1-15(17-7-5-4-6-8-17)19(23(24)28)13-18(26(2)3)11-16-9-10-20-21(12-16)29-14-22(27)25-20/h4-10,12,15,18-19H,11,13-14H2,1-3H3,(H2,24,28)(H,25,27)/t15?,18-,19?/m1/s1. The Hall–Kier alpha value is -2.86. The normalized spacial score (nSPS) is 16.3. The minimum absolute atomic E-state index is 0.0336. The van der Waals surface area contributed by atoms with Crippen molar-refractivity contribution in [2.75, 3.05) is 26.0 Å². The average molecular weight is 396 g/mol. The van der Waals surface area contributed by atoms with Gasteiger partial charge in [0.1, 0.15) is 5.75 Å². The van der Waals surface area contributed by atoms with Crippen LogP contribution in [0.1, 0.15) is 30.4 Å². The van der Waals surface area contributed by atoms with E-state index >= 15 is 0 Å². The first-order valence-corrected chi connectivity index (χ1v) is 9.91. The molecular formula is C23H29N3O3. The summed E-state index contributed by atoms with van der Waals surface area (Å²) in [5, 5.41) is 2.81. The lowest BCUT2D eigenvalue weighted by molar-refractivity contribution is -0.123. The summed E-state index contributed by atoms with van der Waals surface area (Å²) >= 11 is 0. The fraction of sp³-hybridized carbons (Fsp3) is 0.391. The second-order valence-electron chi connectivity index (χ2n) is 7.93. The van der Waals surface area contributed by atoms with Gasteiger partial charge in [0.25, 0.3) is 5.91 Å². The van der Waals surface area contributed by atoms with Crippen molar-refractivity contribution < 1.29 is 14.3 Å². The monoisotopic (exact) mass is 395 g/mol. The van der Waals surface area contributed by atoms with Crippen LogP contribution < -0.4 is 15.8 Å². The zero-order valence-corrected chi connectivity index (χ0v) is 17.2. The van der Waals surface area contributed by atoms with Gasteiger partial charge in [0.05, 0.1) is 5.69 Å². The van der Waals surface area contributed by atoms with E-state index in [1.165, 1.54) is 0 Å². The van der Waals surface area contributed by atoms with Gasteiger partial charge in [-0.15, -0.1) is 0 Å². The van der Waals surface area contributed by atoms with E-state index < -0.39 is 0 Å². The average Bonchev–Trinajstić information content (AvgIpc) is 2.70. The summed E-state index contributed by atoms with van der Waals surface area (Å²) in [5.41, 5.74) is 8.71. The number of likely N-dealkylation sites (N-methyl/N-ethyl adjacent to an activating group) is 1. The number of hydrogen-bond donors (Lipinski definition) is 2.